The quantitative estimate of drug-likeness (QED) is 0.300. The van der Waals surface area contributed by atoms with Gasteiger partial charge in [-0.1, -0.05) is 65.9 Å². The van der Waals surface area contributed by atoms with E-state index in [-0.39, 0.29) is 16.7 Å². The van der Waals surface area contributed by atoms with Crippen LogP contribution >= 0.6 is 11.8 Å². The zero-order valence-corrected chi connectivity index (χ0v) is 18.0. The Morgan fingerprint density at radius 1 is 1.10 bits per heavy atom. The lowest BCUT2D eigenvalue weighted by atomic mass is 10.1. The van der Waals surface area contributed by atoms with Gasteiger partial charge in [0.2, 0.25) is 5.91 Å². The van der Waals surface area contributed by atoms with Gasteiger partial charge in [-0.05, 0) is 42.3 Å². The van der Waals surface area contributed by atoms with Crippen LogP contribution in [0.4, 0.5) is 0 Å². The number of hydrogen-bond donors (Lipinski definition) is 1. The summed E-state index contributed by atoms with van der Waals surface area (Å²) in [5, 5.41) is 5.73. The highest BCUT2D eigenvalue weighted by atomic mass is 32.2. The van der Waals surface area contributed by atoms with E-state index in [1.165, 1.54) is 21.9 Å². The summed E-state index contributed by atoms with van der Waals surface area (Å²) in [5.41, 5.74) is 2.77. The zero-order chi connectivity index (χ0) is 21.3. The van der Waals surface area contributed by atoms with Crippen molar-refractivity contribution in [2.75, 3.05) is 0 Å². The Kier molecular flexibility index (Phi) is 5.59. The summed E-state index contributed by atoms with van der Waals surface area (Å²) >= 11 is 1.29. The number of benzene rings is 3. The van der Waals surface area contributed by atoms with E-state index in [0.717, 1.165) is 16.3 Å². The molecular weight excluding hydrogens is 394 g/mol. The van der Waals surface area contributed by atoms with Crippen LogP contribution < -0.4 is 10.9 Å². The largest absolute Gasteiger partial charge is 0.351 e. The van der Waals surface area contributed by atoms with Crippen LogP contribution in [-0.2, 0) is 18.4 Å². The topological polar surface area (TPSA) is 64.0 Å². The molecule has 0 radical (unpaired) electrons. The third-order valence-corrected chi connectivity index (χ3v) is 6.28. The maximum absolute atomic E-state index is 12.9. The molecule has 0 saturated heterocycles. The molecular formula is C24H23N3O2S. The number of rotatable bonds is 5. The van der Waals surface area contributed by atoms with Crippen molar-refractivity contribution < 1.29 is 4.79 Å². The second-order valence-corrected chi connectivity index (χ2v) is 8.75. The van der Waals surface area contributed by atoms with Gasteiger partial charge in [-0.3, -0.25) is 14.2 Å². The highest BCUT2D eigenvalue weighted by Crippen LogP contribution is 2.24. The SMILES string of the molecule is Cc1ccc(CNC(=O)[C@H](C)Sc2nc3cc4ccccc4cc3c(=O)n2C)cc1. The number of thioether (sulfide) groups is 1. The van der Waals surface area contributed by atoms with Crippen LogP contribution in [0, 0.1) is 6.92 Å². The van der Waals surface area contributed by atoms with Gasteiger partial charge in [0.1, 0.15) is 0 Å². The smallest absolute Gasteiger partial charge is 0.261 e. The Balaban J connectivity index is 1.55. The molecule has 3 aromatic carbocycles. The molecule has 1 N–H and O–H groups in total. The average Bonchev–Trinajstić information content (AvgIpc) is 2.75. The first kappa shape index (κ1) is 20.2. The summed E-state index contributed by atoms with van der Waals surface area (Å²) in [6.07, 6.45) is 0. The number of aromatic nitrogens is 2. The van der Waals surface area contributed by atoms with Gasteiger partial charge in [-0.15, -0.1) is 0 Å². The van der Waals surface area contributed by atoms with Gasteiger partial charge in [0.05, 0.1) is 16.2 Å². The summed E-state index contributed by atoms with van der Waals surface area (Å²) in [6, 6.07) is 19.8. The fourth-order valence-corrected chi connectivity index (χ4v) is 4.19. The average molecular weight is 418 g/mol. The third kappa shape index (κ3) is 4.09. The molecule has 0 spiro atoms. The molecule has 0 unspecified atom stereocenters. The van der Waals surface area contributed by atoms with Gasteiger partial charge in [0.25, 0.3) is 5.56 Å². The number of nitrogens with one attached hydrogen (secondary N) is 1. The van der Waals surface area contributed by atoms with Gasteiger partial charge < -0.3 is 5.32 Å². The van der Waals surface area contributed by atoms with Gasteiger partial charge in [0.15, 0.2) is 5.16 Å². The number of nitrogens with zero attached hydrogens (tertiary/aromatic N) is 2. The van der Waals surface area contributed by atoms with Gasteiger partial charge >= 0.3 is 0 Å². The van der Waals surface area contributed by atoms with Crippen molar-refractivity contribution in [1.29, 1.82) is 0 Å². The first-order chi connectivity index (χ1) is 14.4. The number of carbonyl (C=O) groups is 1. The molecule has 30 heavy (non-hydrogen) atoms. The van der Waals surface area contributed by atoms with Crippen molar-refractivity contribution in [3.63, 3.8) is 0 Å². The fourth-order valence-electron chi connectivity index (χ4n) is 3.29. The minimum absolute atomic E-state index is 0.0894. The van der Waals surface area contributed by atoms with Crippen molar-refractivity contribution in [2.45, 2.75) is 30.8 Å². The maximum atomic E-state index is 12.9. The van der Waals surface area contributed by atoms with Gasteiger partial charge in [-0.25, -0.2) is 4.98 Å². The van der Waals surface area contributed by atoms with Crippen LogP contribution in [-0.4, -0.2) is 20.7 Å². The Hall–Kier alpha value is -3.12. The van der Waals surface area contributed by atoms with Crippen LogP contribution in [0.3, 0.4) is 0 Å². The van der Waals surface area contributed by atoms with Crippen molar-refractivity contribution >= 4 is 39.3 Å². The fraction of sp³-hybridized carbons (Fsp3) is 0.208. The molecule has 0 aliphatic carbocycles. The Morgan fingerprint density at radius 3 is 2.47 bits per heavy atom. The maximum Gasteiger partial charge on any atom is 0.261 e. The lowest BCUT2D eigenvalue weighted by Crippen LogP contribution is -2.31. The summed E-state index contributed by atoms with van der Waals surface area (Å²) in [5.74, 6) is -0.0894. The van der Waals surface area contributed by atoms with Crippen molar-refractivity contribution in [3.05, 3.63) is 82.1 Å². The van der Waals surface area contributed by atoms with E-state index in [2.05, 4.69) is 10.3 Å². The Bertz CT molecular complexity index is 1300. The van der Waals surface area contributed by atoms with E-state index < -0.39 is 0 Å². The Labute approximate surface area is 179 Å². The summed E-state index contributed by atoms with van der Waals surface area (Å²) < 4.78 is 1.52. The second kappa shape index (κ2) is 8.32. The van der Waals surface area contributed by atoms with Crippen molar-refractivity contribution in [2.24, 2.45) is 7.05 Å². The molecule has 0 bridgehead atoms. The number of amides is 1. The minimum Gasteiger partial charge on any atom is -0.351 e. The van der Waals surface area contributed by atoms with Crippen LogP contribution in [0.1, 0.15) is 18.1 Å². The highest BCUT2D eigenvalue weighted by Gasteiger charge is 2.18. The van der Waals surface area contributed by atoms with Crippen LogP contribution in [0.25, 0.3) is 21.7 Å². The standard InChI is InChI=1S/C24H23N3O2S/c1-15-8-10-17(11-9-15)14-25-22(28)16(2)30-24-26-21-13-19-7-5-4-6-18(19)12-20(21)23(29)27(24)3/h4-13,16H,14H2,1-3H3,(H,25,28)/t16-/m0/s1. The third-order valence-electron chi connectivity index (χ3n) is 5.14. The number of fused-ring (bicyclic) bond motifs is 2. The van der Waals surface area contributed by atoms with Crippen molar-refractivity contribution in [1.82, 2.24) is 14.9 Å². The molecule has 1 aromatic heterocycles. The lowest BCUT2D eigenvalue weighted by molar-refractivity contribution is -0.120. The van der Waals surface area contributed by atoms with Gasteiger partial charge in [0, 0.05) is 13.6 Å². The molecule has 0 aliphatic rings. The first-order valence-corrected chi connectivity index (χ1v) is 10.7. The van der Waals surface area contributed by atoms with E-state index >= 15 is 0 Å². The molecule has 0 fully saturated rings. The molecule has 5 nitrogen and oxygen atoms in total. The minimum atomic E-state index is -0.383. The molecule has 4 rings (SSSR count). The monoisotopic (exact) mass is 417 g/mol. The van der Waals surface area contributed by atoms with E-state index in [9.17, 15) is 9.59 Å². The molecule has 0 saturated carbocycles. The second-order valence-electron chi connectivity index (χ2n) is 7.44. The Morgan fingerprint density at radius 2 is 1.77 bits per heavy atom. The van der Waals surface area contributed by atoms with Crippen LogP contribution in [0.2, 0.25) is 0 Å². The molecule has 1 amide bonds. The molecule has 0 aliphatic heterocycles. The summed E-state index contributed by atoms with van der Waals surface area (Å²) in [6.45, 7) is 4.33. The zero-order valence-electron chi connectivity index (χ0n) is 17.2. The van der Waals surface area contributed by atoms with Crippen LogP contribution in [0.5, 0.6) is 0 Å². The number of carbonyl (C=O) groups excluding carboxylic acids is 1. The normalized spacial score (nSPS) is 12.2. The number of aryl methyl sites for hydroxylation is 1. The first-order valence-electron chi connectivity index (χ1n) is 9.82. The molecule has 152 valence electrons. The van der Waals surface area contributed by atoms with E-state index in [1.54, 1.807) is 7.05 Å². The van der Waals surface area contributed by atoms with Gasteiger partial charge in [-0.2, -0.15) is 0 Å². The van der Waals surface area contributed by atoms with Crippen LogP contribution in [0.15, 0.2) is 70.6 Å². The predicted octanol–water partition coefficient (Wildman–Crippen LogP) is 4.19. The van der Waals surface area contributed by atoms with E-state index in [4.69, 9.17) is 0 Å². The highest BCUT2D eigenvalue weighted by molar-refractivity contribution is 8.00. The lowest BCUT2D eigenvalue weighted by Gasteiger charge is -2.14. The molecule has 1 heterocycles. The molecule has 1 atom stereocenters. The van der Waals surface area contributed by atoms with E-state index in [1.807, 2.05) is 74.5 Å². The number of hydrogen-bond acceptors (Lipinski definition) is 4. The summed E-state index contributed by atoms with van der Waals surface area (Å²) in [4.78, 5) is 30.1. The van der Waals surface area contributed by atoms with E-state index in [0.29, 0.717) is 22.6 Å². The molecule has 4 aromatic rings. The molecule has 6 heteroatoms. The predicted molar refractivity (Wildman–Crippen MR) is 123 cm³/mol. The summed E-state index contributed by atoms with van der Waals surface area (Å²) in [7, 11) is 1.70. The van der Waals surface area contributed by atoms with Crippen molar-refractivity contribution in [3.8, 4) is 0 Å².